The van der Waals surface area contributed by atoms with Crippen LogP contribution in [-0.2, 0) is 9.53 Å². The monoisotopic (exact) mass is 355 g/mol. The Morgan fingerprint density at radius 1 is 1.04 bits per heavy atom. The highest BCUT2D eigenvalue weighted by molar-refractivity contribution is 6.02. The van der Waals surface area contributed by atoms with E-state index >= 15 is 0 Å². The number of anilines is 1. The molecule has 0 atom stereocenters. The summed E-state index contributed by atoms with van der Waals surface area (Å²) >= 11 is 0. The largest absolute Gasteiger partial charge is 0.505 e. The third-order valence-electron chi connectivity index (χ3n) is 3.99. The predicted molar refractivity (Wildman–Crippen MR) is 97.6 cm³/mol. The maximum atomic E-state index is 12.3. The lowest BCUT2D eigenvalue weighted by atomic mass is 9.99. The number of methoxy groups -OCH3 is 1. The van der Waals surface area contributed by atoms with Crippen molar-refractivity contribution in [3.05, 3.63) is 58.7 Å². The first-order chi connectivity index (χ1) is 12.3. The van der Waals surface area contributed by atoms with Gasteiger partial charge in [-0.3, -0.25) is 9.59 Å². The molecule has 2 N–H and O–H groups in total. The summed E-state index contributed by atoms with van der Waals surface area (Å²) in [5.74, 6) is -1.62. The van der Waals surface area contributed by atoms with Gasteiger partial charge in [-0.1, -0.05) is 23.8 Å². The molecule has 0 spiro atoms. The number of carbonyl (C=O) groups excluding carboxylic acids is 3. The lowest BCUT2D eigenvalue weighted by Gasteiger charge is -2.10. The van der Waals surface area contributed by atoms with E-state index in [-0.39, 0.29) is 35.6 Å². The number of aromatic hydroxyl groups is 1. The molecule has 0 unspecified atom stereocenters. The number of rotatable bonds is 6. The van der Waals surface area contributed by atoms with Crippen LogP contribution in [0.25, 0.3) is 0 Å². The maximum absolute atomic E-state index is 12.3. The predicted octanol–water partition coefficient (Wildman–Crippen LogP) is 3.40. The van der Waals surface area contributed by atoms with Gasteiger partial charge in [-0.05, 0) is 37.6 Å². The number of phenols is 1. The summed E-state index contributed by atoms with van der Waals surface area (Å²) in [7, 11) is 1.20. The zero-order valence-electron chi connectivity index (χ0n) is 15.0. The molecule has 0 aliphatic heterocycles. The summed E-state index contributed by atoms with van der Waals surface area (Å²) in [6.45, 7) is 3.75. The molecule has 2 rings (SSSR count). The first kappa shape index (κ1) is 19.2. The topological polar surface area (TPSA) is 92.7 Å². The summed E-state index contributed by atoms with van der Waals surface area (Å²) < 4.78 is 4.57. The van der Waals surface area contributed by atoms with Crippen LogP contribution in [0.1, 0.15) is 44.7 Å². The summed E-state index contributed by atoms with van der Waals surface area (Å²) in [5.41, 5.74) is 2.50. The third kappa shape index (κ3) is 4.47. The Bertz CT molecular complexity index is 857. The van der Waals surface area contributed by atoms with Gasteiger partial charge in [-0.15, -0.1) is 0 Å². The first-order valence-electron chi connectivity index (χ1n) is 8.14. The van der Waals surface area contributed by atoms with E-state index in [1.54, 1.807) is 6.07 Å². The van der Waals surface area contributed by atoms with Crippen LogP contribution in [0, 0.1) is 13.8 Å². The number of hydrogen-bond acceptors (Lipinski definition) is 5. The van der Waals surface area contributed by atoms with E-state index < -0.39 is 11.9 Å². The van der Waals surface area contributed by atoms with Gasteiger partial charge >= 0.3 is 5.97 Å². The smallest absolute Gasteiger partial charge is 0.341 e. The van der Waals surface area contributed by atoms with Gasteiger partial charge in [-0.2, -0.15) is 0 Å². The standard InChI is InChI=1S/C20H21NO5/c1-12-7-8-13(2)15(11-12)17(22)9-10-18(23)21-16-6-4-5-14(19(16)24)20(25)26-3/h4-8,11,24H,9-10H2,1-3H3,(H,21,23). The zero-order valence-corrected chi connectivity index (χ0v) is 15.0. The molecule has 26 heavy (non-hydrogen) atoms. The number of ketones is 1. The molecule has 0 aromatic heterocycles. The molecule has 0 bridgehead atoms. The van der Waals surface area contributed by atoms with Gasteiger partial charge in [-0.25, -0.2) is 4.79 Å². The highest BCUT2D eigenvalue weighted by atomic mass is 16.5. The van der Waals surface area contributed by atoms with E-state index in [9.17, 15) is 19.5 Å². The Labute approximate surface area is 151 Å². The average molecular weight is 355 g/mol. The van der Waals surface area contributed by atoms with E-state index in [1.165, 1.54) is 25.3 Å². The number of Topliss-reactive ketones (excluding diaryl/α,β-unsaturated/α-hetero) is 1. The maximum Gasteiger partial charge on any atom is 0.341 e. The molecule has 0 radical (unpaired) electrons. The van der Waals surface area contributed by atoms with Crippen LogP contribution in [0.4, 0.5) is 5.69 Å². The fraction of sp³-hybridized carbons (Fsp3) is 0.250. The van der Waals surface area contributed by atoms with Crippen molar-refractivity contribution >= 4 is 23.3 Å². The molecule has 0 aliphatic rings. The minimum absolute atomic E-state index is 0.0336. The van der Waals surface area contributed by atoms with Crippen molar-refractivity contribution in [3.63, 3.8) is 0 Å². The molecule has 6 heteroatoms. The normalized spacial score (nSPS) is 10.3. The van der Waals surface area contributed by atoms with Crippen molar-refractivity contribution < 1.29 is 24.2 Å². The number of carbonyl (C=O) groups is 3. The summed E-state index contributed by atoms with van der Waals surface area (Å²) in [6, 6.07) is 9.98. The minimum atomic E-state index is -0.705. The highest BCUT2D eigenvalue weighted by Crippen LogP contribution is 2.28. The van der Waals surface area contributed by atoms with E-state index in [0.29, 0.717) is 5.56 Å². The van der Waals surface area contributed by atoms with E-state index in [0.717, 1.165) is 11.1 Å². The fourth-order valence-electron chi connectivity index (χ4n) is 2.53. The fourth-order valence-corrected chi connectivity index (χ4v) is 2.53. The van der Waals surface area contributed by atoms with Crippen LogP contribution in [0.3, 0.4) is 0 Å². The lowest BCUT2D eigenvalue weighted by molar-refractivity contribution is -0.116. The third-order valence-corrected chi connectivity index (χ3v) is 3.99. The number of amides is 1. The highest BCUT2D eigenvalue weighted by Gasteiger charge is 2.17. The van der Waals surface area contributed by atoms with Gasteiger partial charge in [0.25, 0.3) is 0 Å². The molecule has 1 amide bonds. The second kappa shape index (κ2) is 8.29. The Kier molecular flexibility index (Phi) is 6.11. The SMILES string of the molecule is COC(=O)c1cccc(NC(=O)CCC(=O)c2cc(C)ccc2C)c1O. The van der Waals surface area contributed by atoms with Gasteiger partial charge in [0.1, 0.15) is 5.56 Å². The zero-order chi connectivity index (χ0) is 19.3. The van der Waals surface area contributed by atoms with Gasteiger partial charge in [0.05, 0.1) is 12.8 Å². The molecule has 0 heterocycles. The van der Waals surface area contributed by atoms with Crippen molar-refractivity contribution in [2.75, 3.05) is 12.4 Å². The Morgan fingerprint density at radius 2 is 1.77 bits per heavy atom. The summed E-state index contributed by atoms with van der Waals surface area (Å²) in [4.78, 5) is 36.0. The van der Waals surface area contributed by atoms with E-state index in [2.05, 4.69) is 10.1 Å². The number of phenolic OH excluding ortho intramolecular Hbond substituents is 1. The van der Waals surface area contributed by atoms with Crippen LogP contribution >= 0.6 is 0 Å². The molecule has 0 saturated heterocycles. The number of ether oxygens (including phenoxy) is 1. The number of nitrogens with one attached hydrogen (secondary N) is 1. The Balaban J connectivity index is 2.02. The van der Waals surface area contributed by atoms with Crippen molar-refractivity contribution in [2.24, 2.45) is 0 Å². The molecule has 136 valence electrons. The van der Waals surface area contributed by atoms with Crippen molar-refractivity contribution in [2.45, 2.75) is 26.7 Å². The van der Waals surface area contributed by atoms with Crippen LogP contribution < -0.4 is 5.32 Å². The van der Waals surface area contributed by atoms with Crippen LogP contribution in [-0.4, -0.2) is 29.9 Å². The number of esters is 1. The average Bonchev–Trinajstić information content (AvgIpc) is 2.62. The van der Waals surface area contributed by atoms with E-state index in [4.69, 9.17) is 0 Å². The number of aryl methyl sites for hydroxylation is 2. The Morgan fingerprint density at radius 3 is 2.46 bits per heavy atom. The molecule has 0 fully saturated rings. The molecule has 6 nitrogen and oxygen atoms in total. The van der Waals surface area contributed by atoms with Crippen LogP contribution in [0.2, 0.25) is 0 Å². The number of hydrogen-bond donors (Lipinski definition) is 2. The molecule has 2 aromatic carbocycles. The summed E-state index contributed by atoms with van der Waals surface area (Å²) in [6.07, 6.45) is 0.0156. The van der Waals surface area contributed by atoms with Gasteiger partial charge in [0.15, 0.2) is 11.5 Å². The number of para-hydroxylation sites is 1. The van der Waals surface area contributed by atoms with Gasteiger partial charge in [0, 0.05) is 18.4 Å². The van der Waals surface area contributed by atoms with Gasteiger partial charge < -0.3 is 15.2 Å². The molecule has 0 aliphatic carbocycles. The second-order valence-electron chi connectivity index (χ2n) is 5.98. The summed E-state index contributed by atoms with van der Waals surface area (Å²) in [5, 5.41) is 12.6. The van der Waals surface area contributed by atoms with Crippen molar-refractivity contribution in [1.29, 1.82) is 0 Å². The van der Waals surface area contributed by atoms with Gasteiger partial charge in [0.2, 0.25) is 5.91 Å². The number of benzene rings is 2. The second-order valence-corrected chi connectivity index (χ2v) is 5.98. The minimum Gasteiger partial charge on any atom is -0.505 e. The Hall–Kier alpha value is -3.15. The van der Waals surface area contributed by atoms with Crippen molar-refractivity contribution in [1.82, 2.24) is 0 Å². The first-order valence-corrected chi connectivity index (χ1v) is 8.14. The van der Waals surface area contributed by atoms with E-state index in [1.807, 2.05) is 26.0 Å². The molecular weight excluding hydrogens is 334 g/mol. The molecule has 0 saturated carbocycles. The van der Waals surface area contributed by atoms with Crippen molar-refractivity contribution in [3.8, 4) is 5.75 Å². The molecule has 2 aromatic rings. The van der Waals surface area contributed by atoms with Crippen LogP contribution in [0.15, 0.2) is 36.4 Å². The quantitative estimate of drug-likeness (QED) is 0.471. The van der Waals surface area contributed by atoms with Crippen LogP contribution in [0.5, 0.6) is 5.75 Å². The molecular formula is C20H21NO5. The lowest BCUT2D eigenvalue weighted by Crippen LogP contribution is -2.15.